The molecular weight excluding hydrogens is 514 g/mol. The van der Waals surface area contributed by atoms with Crippen LogP contribution in [0.25, 0.3) is 16.6 Å². The number of allylic oxidation sites excluding steroid dienone is 1. The highest BCUT2D eigenvalue weighted by Crippen LogP contribution is 2.30. The number of H-pyrrole nitrogens is 1. The number of hydrogen-bond acceptors (Lipinski definition) is 8. The van der Waals surface area contributed by atoms with Gasteiger partial charge in [0, 0.05) is 23.2 Å². The predicted molar refractivity (Wildman–Crippen MR) is 128 cm³/mol. The molecule has 0 saturated heterocycles. The van der Waals surface area contributed by atoms with Crippen LogP contribution in [0.3, 0.4) is 0 Å². The zero-order valence-corrected chi connectivity index (χ0v) is 19.8. The maximum atomic E-state index is 14.0. The summed E-state index contributed by atoms with van der Waals surface area (Å²) in [6.45, 7) is 0. The van der Waals surface area contributed by atoms with E-state index in [0.29, 0.717) is 5.13 Å². The fraction of sp³-hybridized carbons (Fsp3) is 0.261. The van der Waals surface area contributed by atoms with Gasteiger partial charge in [-0.15, -0.1) is 33.6 Å². The van der Waals surface area contributed by atoms with Gasteiger partial charge >= 0.3 is 6.36 Å². The minimum absolute atomic E-state index is 0.106. The van der Waals surface area contributed by atoms with Crippen molar-refractivity contribution in [2.75, 3.05) is 10.6 Å². The van der Waals surface area contributed by atoms with Crippen LogP contribution < -0.4 is 15.4 Å². The molecule has 0 bridgehead atoms. The van der Waals surface area contributed by atoms with E-state index < -0.39 is 30.3 Å². The van der Waals surface area contributed by atoms with E-state index in [9.17, 15) is 22.4 Å². The van der Waals surface area contributed by atoms with Crippen LogP contribution in [0, 0.1) is 5.82 Å². The Morgan fingerprint density at radius 1 is 1.14 bits per heavy atom. The van der Waals surface area contributed by atoms with Gasteiger partial charge in [0.1, 0.15) is 11.6 Å². The summed E-state index contributed by atoms with van der Waals surface area (Å²) < 4.78 is 55.0. The molecule has 14 heteroatoms. The molecule has 3 heterocycles. The van der Waals surface area contributed by atoms with Gasteiger partial charge in [0.2, 0.25) is 16.2 Å². The number of hydrogen-bond donors (Lipinski definition) is 3. The highest BCUT2D eigenvalue weighted by atomic mass is 32.1. The molecule has 9 nitrogen and oxygen atoms in total. The molecule has 37 heavy (non-hydrogen) atoms. The van der Waals surface area contributed by atoms with Gasteiger partial charge in [0.05, 0.1) is 12.1 Å². The van der Waals surface area contributed by atoms with Crippen molar-refractivity contribution in [2.45, 2.75) is 38.1 Å². The van der Waals surface area contributed by atoms with E-state index in [0.717, 1.165) is 71.1 Å². The maximum absolute atomic E-state index is 14.0. The van der Waals surface area contributed by atoms with Crippen molar-refractivity contribution in [3.63, 3.8) is 0 Å². The molecule has 0 fully saturated rings. The Kier molecular flexibility index (Phi) is 6.74. The summed E-state index contributed by atoms with van der Waals surface area (Å²) in [5.41, 5.74) is 2.47. The number of amides is 1. The van der Waals surface area contributed by atoms with Gasteiger partial charge in [-0.25, -0.2) is 4.39 Å². The van der Waals surface area contributed by atoms with Crippen LogP contribution >= 0.6 is 11.3 Å². The van der Waals surface area contributed by atoms with Crippen LogP contribution in [0.2, 0.25) is 0 Å². The molecule has 0 unspecified atom stereocenters. The fourth-order valence-electron chi connectivity index (χ4n) is 3.94. The number of aromatic amines is 1. The Labute approximate surface area is 211 Å². The zero-order valence-electron chi connectivity index (χ0n) is 19.0. The van der Waals surface area contributed by atoms with E-state index in [-0.39, 0.29) is 16.7 Å². The molecule has 1 atom stereocenters. The van der Waals surface area contributed by atoms with Crippen molar-refractivity contribution in [3.8, 4) is 5.75 Å². The van der Waals surface area contributed by atoms with Crippen molar-refractivity contribution in [1.82, 2.24) is 25.4 Å². The number of anilines is 2. The van der Waals surface area contributed by atoms with Crippen LogP contribution in [0.1, 0.15) is 30.5 Å². The first-order valence-electron chi connectivity index (χ1n) is 11.2. The number of carbonyl (C=O) groups is 1. The molecule has 4 aromatic rings. The average molecular weight is 534 g/mol. The summed E-state index contributed by atoms with van der Waals surface area (Å²) >= 11 is 1.10. The monoisotopic (exact) mass is 533 g/mol. The molecule has 1 amide bonds. The van der Waals surface area contributed by atoms with Crippen molar-refractivity contribution >= 4 is 44.1 Å². The number of ether oxygens (including phenoxy) is 1. The van der Waals surface area contributed by atoms with Crippen molar-refractivity contribution < 1.29 is 27.1 Å². The van der Waals surface area contributed by atoms with Crippen LogP contribution in [0.4, 0.5) is 27.8 Å². The maximum Gasteiger partial charge on any atom is 0.573 e. The molecule has 0 aliphatic heterocycles. The first-order chi connectivity index (χ1) is 17.7. The second-order valence-electron chi connectivity index (χ2n) is 8.29. The first-order valence-corrected chi connectivity index (χ1v) is 12.0. The van der Waals surface area contributed by atoms with Crippen molar-refractivity contribution in [2.24, 2.45) is 0 Å². The van der Waals surface area contributed by atoms with Crippen LogP contribution in [-0.2, 0) is 11.2 Å². The van der Waals surface area contributed by atoms with Gasteiger partial charge in [0.25, 0.3) is 0 Å². The molecule has 3 N–H and O–H groups in total. The number of nitrogens with zero attached hydrogens (tertiary/aromatic N) is 4. The van der Waals surface area contributed by atoms with E-state index in [1.165, 1.54) is 0 Å². The third kappa shape index (κ3) is 6.20. The average Bonchev–Trinajstić information content (AvgIpc) is 3.49. The lowest BCUT2D eigenvalue weighted by Crippen LogP contribution is -2.21. The van der Waals surface area contributed by atoms with E-state index in [4.69, 9.17) is 0 Å². The molecule has 3 aromatic heterocycles. The number of rotatable bonds is 7. The Balaban J connectivity index is 1.15. The Hall–Kier alpha value is -4.07. The summed E-state index contributed by atoms with van der Waals surface area (Å²) in [4.78, 5) is 15.3. The predicted octanol–water partition coefficient (Wildman–Crippen LogP) is 5.08. The van der Waals surface area contributed by atoms with E-state index in [2.05, 4.69) is 46.8 Å². The van der Waals surface area contributed by atoms with Gasteiger partial charge in [-0.1, -0.05) is 17.4 Å². The molecule has 5 rings (SSSR count). The standard InChI is InChI=1S/C23H19F4N7O2S/c24-17-6-5-16(36-23(25,26)27)9-14(17)11-19(35)30-22-34-33-21(37-22)29-15-3-1-12(2-4-15)18-10-13-7-8-28-20(13)32-31-18/h1,5-10,15H,2-4,11H2,(H,28,32)(H,29,33)(H,30,34,35)/t15-/m1/s1. The number of fused-ring (bicyclic) bond motifs is 1. The third-order valence-electron chi connectivity index (χ3n) is 5.65. The van der Waals surface area contributed by atoms with Gasteiger partial charge in [-0.2, -0.15) is 0 Å². The smallest absolute Gasteiger partial charge is 0.406 e. The highest BCUT2D eigenvalue weighted by Gasteiger charge is 2.31. The van der Waals surface area contributed by atoms with Gasteiger partial charge < -0.3 is 20.4 Å². The molecule has 1 aliphatic rings. The molecule has 1 aromatic carbocycles. The topological polar surface area (TPSA) is 118 Å². The van der Waals surface area contributed by atoms with E-state index >= 15 is 0 Å². The number of halogens is 4. The number of nitrogens with one attached hydrogen (secondary N) is 3. The van der Waals surface area contributed by atoms with Crippen LogP contribution in [0.5, 0.6) is 5.75 Å². The lowest BCUT2D eigenvalue weighted by Gasteiger charge is -2.22. The largest absolute Gasteiger partial charge is 0.573 e. The van der Waals surface area contributed by atoms with Crippen molar-refractivity contribution in [1.29, 1.82) is 0 Å². The van der Waals surface area contributed by atoms with Gasteiger partial charge in [-0.05, 0) is 55.2 Å². The summed E-state index contributed by atoms with van der Waals surface area (Å²) in [7, 11) is 0. The summed E-state index contributed by atoms with van der Waals surface area (Å²) in [6, 6.07) is 6.54. The second kappa shape index (κ2) is 10.1. The Morgan fingerprint density at radius 2 is 1.97 bits per heavy atom. The molecule has 0 spiro atoms. The number of carbonyl (C=O) groups excluding carboxylic acids is 1. The van der Waals surface area contributed by atoms with E-state index in [1.54, 1.807) is 0 Å². The van der Waals surface area contributed by atoms with Crippen LogP contribution in [-0.4, -0.2) is 43.7 Å². The lowest BCUT2D eigenvalue weighted by molar-refractivity contribution is -0.274. The summed E-state index contributed by atoms with van der Waals surface area (Å²) in [5.74, 6) is -2.09. The minimum atomic E-state index is -4.92. The highest BCUT2D eigenvalue weighted by molar-refractivity contribution is 7.19. The van der Waals surface area contributed by atoms with Gasteiger partial charge in [0.15, 0.2) is 5.65 Å². The lowest BCUT2D eigenvalue weighted by atomic mass is 9.93. The quantitative estimate of drug-likeness (QED) is 0.284. The molecular formula is C23H19F4N7O2S. The molecule has 1 aliphatic carbocycles. The summed E-state index contributed by atoms with van der Waals surface area (Å²) in [5, 5.41) is 23.9. The summed E-state index contributed by atoms with van der Waals surface area (Å²) in [6.07, 6.45) is 0.867. The van der Waals surface area contributed by atoms with Crippen molar-refractivity contribution in [3.05, 3.63) is 59.7 Å². The SMILES string of the molecule is O=C(Cc1cc(OC(F)(F)F)ccc1F)Nc1nnc(N[C@@H]2CC=C(c3cc4cc[nH]c4nn3)CC2)s1. The third-order valence-corrected chi connectivity index (χ3v) is 6.42. The number of benzene rings is 1. The van der Waals surface area contributed by atoms with Crippen LogP contribution in [0.15, 0.2) is 42.6 Å². The van der Waals surface area contributed by atoms with E-state index in [1.807, 2.05) is 18.3 Å². The minimum Gasteiger partial charge on any atom is -0.406 e. The zero-order chi connectivity index (χ0) is 26.0. The Bertz CT molecular complexity index is 1470. The second-order valence-corrected chi connectivity index (χ2v) is 9.27. The fourth-order valence-corrected chi connectivity index (χ4v) is 4.67. The molecule has 192 valence electrons. The Morgan fingerprint density at radius 3 is 2.76 bits per heavy atom. The molecule has 0 radical (unpaired) electrons. The normalized spacial score (nSPS) is 15.9. The number of aromatic nitrogens is 5. The first kappa shape index (κ1) is 24.6. The molecule has 0 saturated carbocycles. The number of alkyl halides is 3. The van der Waals surface area contributed by atoms with Gasteiger partial charge in [-0.3, -0.25) is 4.79 Å².